The summed E-state index contributed by atoms with van der Waals surface area (Å²) in [5, 5.41) is 3.08. The Morgan fingerprint density at radius 1 is 1.19 bits per heavy atom. The highest BCUT2D eigenvalue weighted by atomic mass is 16.2. The largest absolute Gasteiger partial charge is 0.372 e. The maximum atomic E-state index is 12.5. The van der Waals surface area contributed by atoms with Crippen LogP contribution in [0.2, 0.25) is 0 Å². The van der Waals surface area contributed by atoms with Crippen molar-refractivity contribution in [2.45, 2.75) is 31.7 Å². The van der Waals surface area contributed by atoms with Gasteiger partial charge in [-0.25, -0.2) is 15.0 Å². The van der Waals surface area contributed by atoms with Gasteiger partial charge < -0.3 is 10.2 Å². The average molecular weight is 350 g/mol. The van der Waals surface area contributed by atoms with Gasteiger partial charge in [0.2, 0.25) is 5.82 Å². The SMILES string of the molecule is O=C(NC1CCN(C2=CCCC=C2)CC1)c1nccc(-n2ccnc2)n1. The second-order valence-electron chi connectivity index (χ2n) is 6.55. The van der Waals surface area contributed by atoms with E-state index in [0.29, 0.717) is 5.82 Å². The Labute approximate surface area is 152 Å². The molecule has 7 heteroatoms. The minimum atomic E-state index is -0.220. The molecular formula is C19H22N6O. The van der Waals surface area contributed by atoms with Gasteiger partial charge >= 0.3 is 0 Å². The number of hydrogen-bond donors (Lipinski definition) is 1. The highest BCUT2D eigenvalue weighted by Gasteiger charge is 2.23. The smallest absolute Gasteiger partial charge is 0.289 e. The van der Waals surface area contributed by atoms with E-state index in [1.165, 1.54) is 5.70 Å². The second kappa shape index (κ2) is 7.51. The summed E-state index contributed by atoms with van der Waals surface area (Å²) in [7, 11) is 0. The molecule has 1 fully saturated rings. The lowest BCUT2D eigenvalue weighted by Crippen LogP contribution is -2.44. The van der Waals surface area contributed by atoms with E-state index in [0.717, 1.165) is 38.8 Å². The van der Waals surface area contributed by atoms with Gasteiger partial charge in [-0.3, -0.25) is 9.36 Å². The summed E-state index contributed by atoms with van der Waals surface area (Å²) >= 11 is 0. The Morgan fingerprint density at radius 2 is 2.08 bits per heavy atom. The molecule has 0 bridgehead atoms. The van der Waals surface area contributed by atoms with Crippen LogP contribution in [-0.2, 0) is 0 Å². The Morgan fingerprint density at radius 3 is 2.81 bits per heavy atom. The van der Waals surface area contributed by atoms with E-state index in [-0.39, 0.29) is 17.8 Å². The van der Waals surface area contributed by atoms with E-state index in [9.17, 15) is 4.79 Å². The molecule has 2 aromatic heterocycles. The van der Waals surface area contributed by atoms with Gasteiger partial charge in [-0.2, -0.15) is 0 Å². The Bertz CT molecular complexity index is 818. The van der Waals surface area contributed by atoms with Gasteiger partial charge in [0, 0.05) is 43.4 Å². The summed E-state index contributed by atoms with van der Waals surface area (Å²) in [6.07, 6.45) is 17.5. The van der Waals surface area contributed by atoms with Gasteiger partial charge in [0.05, 0.1) is 0 Å². The number of amides is 1. The summed E-state index contributed by atoms with van der Waals surface area (Å²) in [5.74, 6) is 0.604. The zero-order valence-corrected chi connectivity index (χ0v) is 14.6. The van der Waals surface area contributed by atoms with Gasteiger partial charge in [0.1, 0.15) is 12.1 Å². The van der Waals surface area contributed by atoms with Crippen LogP contribution in [0.1, 0.15) is 36.3 Å². The third-order valence-electron chi connectivity index (χ3n) is 4.78. The lowest BCUT2D eigenvalue weighted by molar-refractivity contribution is 0.0908. The number of hydrogen-bond acceptors (Lipinski definition) is 5. The normalized spacial score (nSPS) is 17.8. The molecule has 134 valence electrons. The molecule has 0 aromatic carbocycles. The fourth-order valence-electron chi connectivity index (χ4n) is 3.36. The standard InChI is InChI=1S/C19H22N6O/c26-19(18-21-9-6-17(23-18)25-13-10-20-14-25)22-15-7-11-24(12-8-15)16-4-2-1-3-5-16/h2,4-6,9-10,13-15H,1,3,7-8,11-12H2,(H,22,26). The van der Waals surface area contributed by atoms with Crippen molar-refractivity contribution < 1.29 is 4.79 Å². The molecule has 1 aliphatic heterocycles. The summed E-state index contributed by atoms with van der Waals surface area (Å²) in [6, 6.07) is 1.91. The molecule has 2 aliphatic rings. The molecule has 0 atom stereocenters. The molecule has 0 radical (unpaired) electrons. The molecule has 1 amide bonds. The molecule has 0 spiro atoms. The van der Waals surface area contributed by atoms with Gasteiger partial charge in [0.15, 0.2) is 0 Å². The van der Waals surface area contributed by atoms with Crippen molar-refractivity contribution in [1.82, 2.24) is 29.7 Å². The topological polar surface area (TPSA) is 75.9 Å². The van der Waals surface area contributed by atoms with Crippen molar-refractivity contribution in [1.29, 1.82) is 0 Å². The maximum absolute atomic E-state index is 12.5. The fourth-order valence-corrected chi connectivity index (χ4v) is 3.36. The summed E-state index contributed by atoms with van der Waals surface area (Å²) in [5.41, 5.74) is 1.32. The number of allylic oxidation sites excluding steroid dienone is 3. The van der Waals surface area contributed by atoms with Crippen molar-refractivity contribution in [3.05, 3.63) is 60.7 Å². The van der Waals surface area contributed by atoms with Crippen LogP contribution in [0.15, 0.2) is 54.9 Å². The van der Waals surface area contributed by atoms with E-state index < -0.39 is 0 Å². The highest BCUT2D eigenvalue weighted by molar-refractivity contribution is 5.90. The molecule has 1 N–H and O–H groups in total. The third-order valence-corrected chi connectivity index (χ3v) is 4.78. The average Bonchev–Trinajstić information content (AvgIpc) is 3.24. The first-order valence-electron chi connectivity index (χ1n) is 9.03. The number of imidazole rings is 1. The summed E-state index contributed by atoms with van der Waals surface area (Å²) in [4.78, 5) is 27.4. The number of rotatable bonds is 4. The number of carbonyl (C=O) groups excluding carboxylic acids is 1. The Balaban J connectivity index is 1.35. The number of nitrogens with one attached hydrogen (secondary N) is 1. The van der Waals surface area contributed by atoms with Crippen molar-refractivity contribution in [2.24, 2.45) is 0 Å². The number of piperidine rings is 1. The highest BCUT2D eigenvalue weighted by Crippen LogP contribution is 2.20. The van der Waals surface area contributed by atoms with Gasteiger partial charge in [-0.1, -0.05) is 12.2 Å². The van der Waals surface area contributed by atoms with Crippen molar-refractivity contribution in [2.75, 3.05) is 13.1 Å². The molecule has 26 heavy (non-hydrogen) atoms. The second-order valence-corrected chi connectivity index (χ2v) is 6.55. The molecule has 3 heterocycles. The maximum Gasteiger partial charge on any atom is 0.289 e. The molecule has 1 saturated heterocycles. The zero-order chi connectivity index (χ0) is 17.8. The minimum Gasteiger partial charge on any atom is -0.372 e. The van der Waals surface area contributed by atoms with Crippen molar-refractivity contribution in [3.8, 4) is 5.82 Å². The van der Waals surface area contributed by atoms with Crippen LogP contribution in [0.5, 0.6) is 0 Å². The predicted molar refractivity (Wildman–Crippen MR) is 97.7 cm³/mol. The summed E-state index contributed by atoms with van der Waals surface area (Å²) < 4.78 is 1.75. The van der Waals surface area contributed by atoms with Crippen LogP contribution in [0.3, 0.4) is 0 Å². The molecule has 1 aliphatic carbocycles. The lowest BCUT2D eigenvalue weighted by Gasteiger charge is -2.35. The predicted octanol–water partition coefficient (Wildman–Crippen LogP) is 2.09. The van der Waals surface area contributed by atoms with Gasteiger partial charge in [-0.05, 0) is 37.8 Å². The summed E-state index contributed by atoms with van der Waals surface area (Å²) in [6.45, 7) is 1.91. The van der Waals surface area contributed by atoms with E-state index >= 15 is 0 Å². The van der Waals surface area contributed by atoms with Crippen LogP contribution >= 0.6 is 0 Å². The van der Waals surface area contributed by atoms with Crippen LogP contribution in [-0.4, -0.2) is 49.5 Å². The van der Waals surface area contributed by atoms with Crippen LogP contribution in [0, 0.1) is 0 Å². The Kier molecular flexibility index (Phi) is 4.77. The quantitative estimate of drug-likeness (QED) is 0.914. The fraction of sp³-hybridized carbons (Fsp3) is 0.368. The van der Waals surface area contributed by atoms with Gasteiger partial charge in [-0.15, -0.1) is 0 Å². The van der Waals surface area contributed by atoms with E-state index in [4.69, 9.17) is 0 Å². The van der Waals surface area contributed by atoms with E-state index in [2.05, 4.69) is 43.4 Å². The van der Waals surface area contributed by atoms with Crippen molar-refractivity contribution >= 4 is 5.91 Å². The van der Waals surface area contributed by atoms with Crippen molar-refractivity contribution in [3.63, 3.8) is 0 Å². The first kappa shape index (κ1) is 16.5. The number of likely N-dealkylation sites (tertiary alicyclic amines) is 1. The molecule has 4 rings (SSSR count). The third kappa shape index (κ3) is 3.66. The van der Waals surface area contributed by atoms with Crippen LogP contribution in [0.4, 0.5) is 0 Å². The minimum absolute atomic E-state index is 0.160. The molecule has 2 aromatic rings. The molecule has 7 nitrogen and oxygen atoms in total. The van der Waals surface area contributed by atoms with E-state index in [1.807, 2.05) is 0 Å². The first-order chi connectivity index (χ1) is 12.8. The molecule has 0 saturated carbocycles. The first-order valence-corrected chi connectivity index (χ1v) is 9.03. The van der Waals surface area contributed by atoms with Crippen LogP contribution in [0.25, 0.3) is 5.82 Å². The van der Waals surface area contributed by atoms with E-state index in [1.54, 1.807) is 35.6 Å². The molecule has 0 unspecified atom stereocenters. The monoisotopic (exact) mass is 350 g/mol. The zero-order valence-electron chi connectivity index (χ0n) is 14.6. The number of nitrogens with zero attached hydrogens (tertiary/aromatic N) is 5. The molecular weight excluding hydrogens is 328 g/mol. The lowest BCUT2D eigenvalue weighted by atomic mass is 10.0. The Hall–Kier alpha value is -2.96. The number of aromatic nitrogens is 4. The van der Waals surface area contributed by atoms with Crippen LogP contribution < -0.4 is 5.32 Å². The van der Waals surface area contributed by atoms with Gasteiger partial charge in [0.25, 0.3) is 5.91 Å². The number of carbonyl (C=O) groups is 1.